The number of aryl methyl sites for hydroxylation is 4. The Morgan fingerprint density at radius 2 is 1.56 bits per heavy atom. The lowest BCUT2D eigenvalue weighted by Crippen LogP contribution is -2.02. The van der Waals surface area contributed by atoms with Crippen molar-refractivity contribution >= 4 is 0 Å². The molecule has 0 saturated carbocycles. The summed E-state index contributed by atoms with van der Waals surface area (Å²) in [6.45, 7) is 7.34. The van der Waals surface area contributed by atoms with Gasteiger partial charge < -0.3 is 4.74 Å². The van der Waals surface area contributed by atoms with E-state index in [4.69, 9.17) is 4.74 Å². The van der Waals surface area contributed by atoms with Crippen LogP contribution < -0.4 is 4.74 Å². The summed E-state index contributed by atoms with van der Waals surface area (Å²) in [5, 5.41) is 0. The molecule has 0 radical (unpaired) electrons. The number of benzene rings is 3. The monoisotopic (exact) mass is 358 g/mol. The Kier molecular flexibility index (Phi) is 6.70. The number of hydrogen-bond acceptors (Lipinski definition) is 1. The standard InChI is InChI=1S/C26H30O/c1-4-22-18-20(3)13-15-25(22)24-14-16-26(23(5-2)19-24)27-17-9-12-21-10-7-6-8-11-21/h6-8,10-11,13-16,18-19H,4-5,9,12,17H2,1-3H3. The van der Waals surface area contributed by atoms with Crippen molar-refractivity contribution in [3.63, 3.8) is 0 Å². The van der Waals surface area contributed by atoms with Crippen molar-refractivity contribution in [3.8, 4) is 16.9 Å². The van der Waals surface area contributed by atoms with Crippen molar-refractivity contribution in [2.75, 3.05) is 6.61 Å². The van der Waals surface area contributed by atoms with Gasteiger partial charge in [0.05, 0.1) is 6.61 Å². The van der Waals surface area contributed by atoms with Crippen LogP contribution in [-0.2, 0) is 19.3 Å². The van der Waals surface area contributed by atoms with E-state index in [1.807, 2.05) is 0 Å². The van der Waals surface area contributed by atoms with Crippen LogP contribution >= 0.6 is 0 Å². The molecule has 0 aliphatic carbocycles. The Hall–Kier alpha value is -2.54. The number of hydrogen-bond donors (Lipinski definition) is 0. The first kappa shape index (κ1) is 19.2. The van der Waals surface area contributed by atoms with Crippen LogP contribution in [0.25, 0.3) is 11.1 Å². The maximum absolute atomic E-state index is 6.12. The van der Waals surface area contributed by atoms with Gasteiger partial charge in [0, 0.05) is 0 Å². The normalized spacial score (nSPS) is 10.8. The molecule has 0 aliphatic heterocycles. The van der Waals surface area contributed by atoms with Gasteiger partial charge in [-0.3, -0.25) is 0 Å². The molecule has 3 aromatic rings. The van der Waals surface area contributed by atoms with E-state index in [1.54, 1.807) is 0 Å². The largest absolute Gasteiger partial charge is 0.493 e. The summed E-state index contributed by atoms with van der Waals surface area (Å²) in [4.78, 5) is 0. The maximum Gasteiger partial charge on any atom is 0.122 e. The molecule has 1 heteroatoms. The van der Waals surface area contributed by atoms with Crippen LogP contribution in [0.5, 0.6) is 5.75 Å². The molecule has 0 aliphatic rings. The second-order valence-electron chi connectivity index (χ2n) is 7.13. The van der Waals surface area contributed by atoms with E-state index in [1.165, 1.54) is 33.4 Å². The number of ether oxygens (including phenoxy) is 1. The SMILES string of the molecule is CCc1cc(-c2ccc(C)cc2CC)ccc1OCCCc1ccccc1. The summed E-state index contributed by atoms with van der Waals surface area (Å²) in [6.07, 6.45) is 4.13. The molecule has 27 heavy (non-hydrogen) atoms. The minimum Gasteiger partial charge on any atom is -0.493 e. The van der Waals surface area contributed by atoms with Crippen LogP contribution in [-0.4, -0.2) is 6.61 Å². The molecule has 0 fully saturated rings. The fraction of sp³-hybridized carbons (Fsp3) is 0.308. The molecular formula is C26H30O. The van der Waals surface area contributed by atoms with Crippen molar-refractivity contribution in [3.05, 3.63) is 89.0 Å². The zero-order valence-corrected chi connectivity index (χ0v) is 16.8. The molecule has 0 unspecified atom stereocenters. The van der Waals surface area contributed by atoms with Crippen molar-refractivity contribution in [1.29, 1.82) is 0 Å². The predicted molar refractivity (Wildman–Crippen MR) is 116 cm³/mol. The molecule has 0 N–H and O–H groups in total. The zero-order chi connectivity index (χ0) is 19.1. The molecule has 140 valence electrons. The van der Waals surface area contributed by atoms with Crippen molar-refractivity contribution in [2.45, 2.75) is 46.5 Å². The van der Waals surface area contributed by atoms with Gasteiger partial charge in [-0.05, 0) is 72.6 Å². The molecule has 0 heterocycles. The molecule has 0 aromatic heterocycles. The Morgan fingerprint density at radius 3 is 2.30 bits per heavy atom. The lowest BCUT2D eigenvalue weighted by atomic mass is 9.94. The van der Waals surface area contributed by atoms with Crippen LogP contribution in [0.15, 0.2) is 66.7 Å². The van der Waals surface area contributed by atoms with Crippen LogP contribution in [0.2, 0.25) is 0 Å². The van der Waals surface area contributed by atoms with E-state index >= 15 is 0 Å². The van der Waals surface area contributed by atoms with Gasteiger partial charge in [-0.15, -0.1) is 0 Å². The Morgan fingerprint density at radius 1 is 0.778 bits per heavy atom. The van der Waals surface area contributed by atoms with E-state index < -0.39 is 0 Å². The molecule has 3 aromatic carbocycles. The van der Waals surface area contributed by atoms with Gasteiger partial charge in [0.1, 0.15) is 5.75 Å². The minimum absolute atomic E-state index is 0.756. The Labute approximate surface area is 164 Å². The predicted octanol–water partition coefficient (Wildman–Crippen LogP) is 6.80. The Bertz CT molecular complexity index is 865. The quantitative estimate of drug-likeness (QED) is 0.402. The van der Waals surface area contributed by atoms with Crippen molar-refractivity contribution < 1.29 is 4.74 Å². The van der Waals surface area contributed by atoms with Gasteiger partial charge in [-0.2, -0.15) is 0 Å². The van der Waals surface area contributed by atoms with E-state index in [0.29, 0.717) is 0 Å². The summed E-state index contributed by atoms with van der Waals surface area (Å²) >= 11 is 0. The summed E-state index contributed by atoms with van der Waals surface area (Å²) in [5.74, 6) is 1.03. The highest BCUT2D eigenvalue weighted by Crippen LogP contribution is 2.30. The average Bonchev–Trinajstić information content (AvgIpc) is 2.72. The number of rotatable bonds is 8. The van der Waals surface area contributed by atoms with Crippen LogP contribution in [0.4, 0.5) is 0 Å². The van der Waals surface area contributed by atoms with E-state index in [9.17, 15) is 0 Å². The third-order valence-electron chi connectivity index (χ3n) is 5.10. The summed E-state index contributed by atoms with van der Waals surface area (Å²) in [6, 6.07) is 24.0. The molecular weight excluding hydrogens is 328 g/mol. The van der Waals surface area contributed by atoms with Crippen LogP contribution in [0.3, 0.4) is 0 Å². The molecule has 0 spiro atoms. The van der Waals surface area contributed by atoms with Gasteiger partial charge in [-0.1, -0.05) is 74.0 Å². The smallest absolute Gasteiger partial charge is 0.122 e. The topological polar surface area (TPSA) is 9.23 Å². The van der Waals surface area contributed by atoms with Gasteiger partial charge in [0.25, 0.3) is 0 Å². The van der Waals surface area contributed by atoms with Gasteiger partial charge in [0.2, 0.25) is 0 Å². The zero-order valence-electron chi connectivity index (χ0n) is 16.8. The van der Waals surface area contributed by atoms with Crippen molar-refractivity contribution in [2.24, 2.45) is 0 Å². The van der Waals surface area contributed by atoms with Gasteiger partial charge in [0.15, 0.2) is 0 Å². The first-order valence-corrected chi connectivity index (χ1v) is 10.1. The molecule has 0 bridgehead atoms. The van der Waals surface area contributed by atoms with Gasteiger partial charge >= 0.3 is 0 Å². The fourth-order valence-corrected chi connectivity index (χ4v) is 3.56. The van der Waals surface area contributed by atoms with Crippen molar-refractivity contribution in [1.82, 2.24) is 0 Å². The lowest BCUT2D eigenvalue weighted by Gasteiger charge is -2.14. The highest BCUT2D eigenvalue weighted by Gasteiger charge is 2.09. The second kappa shape index (κ2) is 9.41. The summed E-state index contributed by atoms with van der Waals surface area (Å²) < 4.78 is 6.12. The highest BCUT2D eigenvalue weighted by molar-refractivity contribution is 5.69. The third-order valence-corrected chi connectivity index (χ3v) is 5.10. The molecule has 0 atom stereocenters. The van der Waals surface area contributed by atoms with Gasteiger partial charge in [-0.25, -0.2) is 0 Å². The highest BCUT2D eigenvalue weighted by atomic mass is 16.5. The second-order valence-corrected chi connectivity index (χ2v) is 7.13. The summed E-state index contributed by atoms with van der Waals surface area (Å²) in [5.41, 5.74) is 8.03. The maximum atomic E-state index is 6.12. The van der Waals surface area contributed by atoms with Crippen LogP contribution in [0.1, 0.15) is 42.5 Å². The van der Waals surface area contributed by atoms with E-state index in [2.05, 4.69) is 87.5 Å². The molecule has 3 rings (SSSR count). The molecule has 0 amide bonds. The minimum atomic E-state index is 0.756. The first-order chi connectivity index (χ1) is 13.2. The van der Waals surface area contributed by atoms with Crippen LogP contribution in [0, 0.1) is 6.92 Å². The Balaban J connectivity index is 1.69. The lowest BCUT2D eigenvalue weighted by molar-refractivity contribution is 0.308. The van der Waals surface area contributed by atoms with E-state index in [0.717, 1.165) is 38.0 Å². The summed E-state index contributed by atoms with van der Waals surface area (Å²) in [7, 11) is 0. The first-order valence-electron chi connectivity index (χ1n) is 10.1. The average molecular weight is 359 g/mol. The molecule has 1 nitrogen and oxygen atoms in total. The fourth-order valence-electron chi connectivity index (χ4n) is 3.56. The third kappa shape index (κ3) is 5.01. The van der Waals surface area contributed by atoms with E-state index in [-0.39, 0.29) is 0 Å². The molecule has 0 saturated heterocycles.